The minimum atomic E-state index is -0.592. The summed E-state index contributed by atoms with van der Waals surface area (Å²) in [7, 11) is 0. The summed E-state index contributed by atoms with van der Waals surface area (Å²) in [5.41, 5.74) is 3.02. The Labute approximate surface area is 177 Å². The Morgan fingerprint density at radius 3 is 2.32 bits per heavy atom. The molecule has 3 aromatic carbocycles. The highest BCUT2D eigenvalue weighted by atomic mass is 16.6. The largest absolute Gasteiger partial charge is 0.507 e. The number of aryl methyl sites for hydroxylation is 2. The van der Waals surface area contributed by atoms with Crippen molar-refractivity contribution in [2.24, 2.45) is 0 Å². The first kappa shape index (κ1) is 20.0. The molecule has 0 saturated carbocycles. The number of aromatic nitrogens is 1. The molecule has 0 saturated heterocycles. The van der Waals surface area contributed by atoms with Crippen molar-refractivity contribution >= 4 is 22.4 Å². The molecule has 0 unspecified atom stereocenters. The third-order valence-corrected chi connectivity index (χ3v) is 5.06. The van der Waals surface area contributed by atoms with Gasteiger partial charge in [-0.05, 0) is 84.0 Å². The number of benzene rings is 3. The minimum absolute atomic E-state index is 0.0891. The van der Waals surface area contributed by atoms with Gasteiger partial charge in [0.1, 0.15) is 11.5 Å². The second-order valence-corrected chi connectivity index (χ2v) is 7.22. The molecule has 0 aliphatic heterocycles. The van der Waals surface area contributed by atoms with Gasteiger partial charge in [-0.15, -0.1) is 0 Å². The van der Waals surface area contributed by atoms with Crippen LogP contribution >= 0.6 is 0 Å². The molecule has 0 amide bonds. The number of carbonyl (C=O) groups excluding carboxylic acids is 1. The van der Waals surface area contributed by atoms with E-state index < -0.39 is 10.9 Å². The maximum atomic E-state index is 13.1. The van der Waals surface area contributed by atoms with E-state index >= 15 is 0 Å². The van der Waals surface area contributed by atoms with Crippen LogP contribution in [0, 0.1) is 24.0 Å². The highest BCUT2D eigenvalue weighted by Gasteiger charge is 2.18. The molecule has 7 heteroatoms. The summed E-state index contributed by atoms with van der Waals surface area (Å²) in [4.78, 5) is 27.6. The molecular formula is C24H18N2O5. The van der Waals surface area contributed by atoms with Gasteiger partial charge in [0.15, 0.2) is 0 Å². The van der Waals surface area contributed by atoms with E-state index in [-0.39, 0.29) is 17.2 Å². The van der Waals surface area contributed by atoms with Crippen LogP contribution in [0.3, 0.4) is 0 Å². The Morgan fingerprint density at radius 1 is 1.00 bits per heavy atom. The summed E-state index contributed by atoms with van der Waals surface area (Å²) in [6.07, 6.45) is 3.35. The maximum absolute atomic E-state index is 13.1. The average Bonchev–Trinajstić information content (AvgIpc) is 2.76. The molecule has 4 rings (SSSR count). The van der Waals surface area contributed by atoms with Gasteiger partial charge in [-0.1, -0.05) is 0 Å². The first-order chi connectivity index (χ1) is 14.8. The van der Waals surface area contributed by atoms with Crippen LogP contribution in [0.25, 0.3) is 21.9 Å². The van der Waals surface area contributed by atoms with E-state index in [2.05, 4.69) is 4.98 Å². The van der Waals surface area contributed by atoms with Crippen LogP contribution in [0.1, 0.15) is 21.5 Å². The Bertz CT molecular complexity index is 1310. The second kappa shape index (κ2) is 7.87. The molecule has 0 spiro atoms. The number of nitro benzene ring substituents is 1. The van der Waals surface area contributed by atoms with Crippen LogP contribution in [-0.4, -0.2) is 21.0 Å². The number of pyridine rings is 1. The molecule has 4 aromatic rings. The van der Waals surface area contributed by atoms with Crippen molar-refractivity contribution in [3.8, 4) is 22.6 Å². The summed E-state index contributed by atoms with van der Waals surface area (Å²) < 4.78 is 5.50. The normalized spacial score (nSPS) is 10.8. The number of aromatic hydroxyl groups is 1. The van der Waals surface area contributed by atoms with Crippen LogP contribution in [0.15, 0.2) is 67.0 Å². The first-order valence-corrected chi connectivity index (χ1v) is 9.48. The number of non-ortho nitro benzene ring substituents is 1. The molecule has 31 heavy (non-hydrogen) atoms. The van der Waals surface area contributed by atoms with E-state index in [0.717, 1.165) is 16.3 Å². The Balaban J connectivity index is 1.81. The molecule has 0 radical (unpaired) electrons. The van der Waals surface area contributed by atoms with Crippen LogP contribution in [0.4, 0.5) is 5.69 Å². The molecule has 7 nitrogen and oxygen atoms in total. The fourth-order valence-corrected chi connectivity index (χ4v) is 3.45. The van der Waals surface area contributed by atoms with Crippen molar-refractivity contribution in [3.63, 3.8) is 0 Å². The number of fused-ring (bicyclic) bond motifs is 1. The minimum Gasteiger partial charge on any atom is -0.507 e. The zero-order chi connectivity index (χ0) is 22.1. The highest BCUT2D eigenvalue weighted by molar-refractivity contribution is 6.03. The number of phenolic OH excluding ortho intramolecular Hbond substituents is 1. The first-order valence-electron chi connectivity index (χ1n) is 9.48. The number of hydrogen-bond acceptors (Lipinski definition) is 6. The van der Waals surface area contributed by atoms with Crippen LogP contribution in [0.5, 0.6) is 11.5 Å². The summed E-state index contributed by atoms with van der Waals surface area (Å²) in [5.74, 6) is -0.179. The molecular weight excluding hydrogens is 396 g/mol. The van der Waals surface area contributed by atoms with E-state index in [4.69, 9.17) is 4.74 Å². The molecule has 1 heterocycles. The quantitative estimate of drug-likeness (QED) is 0.209. The third-order valence-electron chi connectivity index (χ3n) is 5.06. The molecule has 1 N–H and O–H groups in total. The predicted octanol–water partition coefficient (Wildman–Crippen LogP) is 5.35. The Hall–Kier alpha value is -4.26. The number of phenols is 1. The van der Waals surface area contributed by atoms with Gasteiger partial charge >= 0.3 is 5.97 Å². The molecule has 1 aromatic heterocycles. The summed E-state index contributed by atoms with van der Waals surface area (Å²) in [5, 5.41) is 22.6. The lowest BCUT2D eigenvalue weighted by Crippen LogP contribution is -2.10. The molecule has 0 aliphatic rings. The van der Waals surface area contributed by atoms with Crippen molar-refractivity contribution < 1.29 is 19.6 Å². The molecule has 0 aliphatic carbocycles. The number of hydrogen-bond donors (Lipinski definition) is 1. The van der Waals surface area contributed by atoms with Crippen LogP contribution < -0.4 is 4.74 Å². The summed E-state index contributed by atoms with van der Waals surface area (Å²) in [6, 6.07) is 14.3. The fourth-order valence-electron chi connectivity index (χ4n) is 3.45. The van der Waals surface area contributed by atoms with E-state index in [9.17, 15) is 20.0 Å². The van der Waals surface area contributed by atoms with Gasteiger partial charge in [-0.25, -0.2) is 4.79 Å². The summed E-state index contributed by atoms with van der Waals surface area (Å²) >= 11 is 0. The molecule has 0 fully saturated rings. The Morgan fingerprint density at radius 2 is 1.68 bits per heavy atom. The van der Waals surface area contributed by atoms with Crippen molar-refractivity contribution in [2.75, 3.05) is 0 Å². The predicted molar refractivity (Wildman–Crippen MR) is 116 cm³/mol. The van der Waals surface area contributed by atoms with E-state index in [1.807, 2.05) is 18.2 Å². The number of nitrogens with zero attached hydrogens (tertiary/aromatic N) is 2. The van der Waals surface area contributed by atoms with Crippen molar-refractivity contribution in [3.05, 3.63) is 93.8 Å². The van der Waals surface area contributed by atoms with Gasteiger partial charge in [0.25, 0.3) is 5.69 Å². The van der Waals surface area contributed by atoms with E-state index in [0.29, 0.717) is 22.3 Å². The summed E-state index contributed by atoms with van der Waals surface area (Å²) in [6.45, 7) is 3.59. The van der Waals surface area contributed by atoms with Crippen molar-refractivity contribution in [1.82, 2.24) is 4.98 Å². The lowest BCUT2D eigenvalue weighted by atomic mass is 9.93. The number of nitro groups is 1. The highest BCUT2D eigenvalue weighted by Crippen LogP contribution is 2.34. The number of carbonyl (C=O) groups is 1. The molecule has 0 bridgehead atoms. The van der Waals surface area contributed by atoms with E-state index in [1.165, 1.54) is 24.3 Å². The fraction of sp³-hybridized carbons (Fsp3) is 0.0833. The number of esters is 1. The van der Waals surface area contributed by atoms with Crippen molar-refractivity contribution in [2.45, 2.75) is 13.8 Å². The monoisotopic (exact) mass is 414 g/mol. The number of rotatable bonds is 4. The zero-order valence-corrected chi connectivity index (χ0v) is 16.8. The topological polar surface area (TPSA) is 103 Å². The van der Waals surface area contributed by atoms with Gasteiger partial charge in [0, 0.05) is 29.9 Å². The smallest absolute Gasteiger partial charge is 0.344 e. The maximum Gasteiger partial charge on any atom is 0.344 e. The molecule has 154 valence electrons. The van der Waals surface area contributed by atoms with E-state index in [1.54, 1.807) is 38.4 Å². The lowest BCUT2D eigenvalue weighted by molar-refractivity contribution is -0.384. The van der Waals surface area contributed by atoms with Crippen molar-refractivity contribution in [1.29, 1.82) is 0 Å². The third kappa shape index (κ3) is 3.93. The van der Waals surface area contributed by atoms with Crippen LogP contribution in [-0.2, 0) is 0 Å². The van der Waals surface area contributed by atoms with Gasteiger partial charge in [-0.2, -0.15) is 0 Å². The number of ether oxygens (including phenoxy) is 1. The lowest BCUT2D eigenvalue weighted by Gasteiger charge is -2.14. The molecule has 0 atom stereocenters. The SMILES string of the molecule is Cc1cc(-c2cc3cnccc3cc2C(=O)Oc2ccc([N+](=O)[O-])cc2)cc(C)c1O. The van der Waals surface area contributed by atoms with Gasteiger partial charge in [-0.3, -0.25) is 15.1 Å². The van der Waals surface area contributed by atoms with Gasteiger partial charge < -0.3 is 9.84 Å². The second-order valence-electron chi connectivity index (χ2n) is 7.22. The standard InChI is InChI=1S/C24H18N2O5/c1-14-9-17(10-15(2)23(14)27)21-12-18-13-25-8-7-16(18)11-22(21)24(28)31-20-5-3-19(4-6-20)26(29)30/h3-13,27H,1-2H3. The average molecular weight is 414 g/mol. The zero-order valence-electron chi connectivity index (χ0n) is 16.8. The Kier molecular flexibility index (Phi) is 5.09. The van der Waals surface area contributed by atoms with Crippen LogP contribution in [0.2, 0.25) is 0 Å². The van der Waals surface area contributed by atoms with Gasteiger partial charge in [0.05, 0.1) is 10.5 Å². The van der Waals surface area contributed by atoms with Gasteiger partial charge in [0.2, 0.25) is 0 Å².